The van der Waals surface area contributed by atoms with Gasteiger partial charge in [0.2, 0.25) is 0 Å². The second kappa shape index (κ2) is 12.5. The summed E-state index contributed by atoms with van der Waals surface area (Å²) in [4.78, 5) is 15.0. The van der Waals surface area contributed by atoms with Crippen molar-refractivity contribution in [2.75, 3.05) is 0 Å². The van der Waals surface area contributed by atoms with E-state index < -0.39 is 5.41 Å². The topological polar surface area (TPSA) is 43.6 Å². The Kier molecular flexibility index (Phi) is 6.90. The summed E-state index contributed by atoms with van der Waals surface area (Å²) >= 11 is 0. The first kappa shape index (κ1) is 33.1. The molecule has 0 saturated heterocycles. The fraction of sp³-hybridized carbons (Fsp3) is 0.0179. The van der Waals surface area contributed by atoms with Crippen LogP contribution in [0.25, 0.3) is 94.7 Å². The molecule has 9 aromatic carbocycles. The smallest absolute Gasteiger partial charge is 0.164 e. The molecule has 0 aliphatic heterocycles. The average molecular weight is 763 g/mol. The van der Waals surface area contributed by atoms with Gasteiger partial charge in [-0.2, -0.15) is 0 Å². The van der Waals surface area contributed by atoms with E-state index in [1.54, 1.807) is 0 Å². The minimum Gasteiger partial charge on any atom is -0.309 e. The van der Waals surface area contributed by atoms with Crippen molar-refractivity contribution in [1.29, 1.82) is 0 Å². The van der Waals surface area contributed by atoms with Crippen LogP contribution in [-0.4, -0.2) is 19.5 Å². The van der Waals surface area contributed by atoms with Gasteiger partial charge in [-0.1, -0.05) is 170 Å². The van der Waals surface area contributed by atoms with E-state index in [1.807, 2.05) is 60.7 Å². The van der Waals surface area contributed by atoms with Gasteiger partial charge in [0, 0.05) is 33.2 Å². The highest BCUT2D eigenvalue weighted by Gasteiger charge is 2.51. The largest absolute Gasteiger partial charge is 0.309 e. The predicted octanol–water partition coefficient (Wildman–Crippen LogP) is 13.5. The molecular formula is C56H34N4. The van der Waals surface area contributed by atoms with Gasteiger partial charge in [0.1, 0.15) is 0 Å². The Balaban J connectivity index is 1.03. The predicted molar refractivity (Wildman–Crippen MR) is 244 cm³/mol. The van der Waals surface area contributed by atoms with Crippen LogP contribution >= 0.6 is 0 Å². The highest BCUT2D eigenvalue weighted by Crippen LogP contribution is 2.63. The molecule has 0 amide bonds. The number of benzene rings is 9. The first-order valence-corrected chi connectivity index (χ1v) is 20.5. The molecule has 13 rings (SSSR count). The molecule has 0 bridgehead atoms. The molecule has 4 heteroatoms. The fourth-order valence-corrected chi connectivity index (χ4v) is 10.3. The summed E-state index contributed by atoms with van der Waals surface area (Å²) in [5.41, 5.74) is 16.5. The molecule has 2 heterocycles. The van der Waals surface area contributed by atoms with E-state index >= 15 is 0 Å². The molecule has 60 heavy (non-hydrogen) atoms. The minimum atomic E-state index is -0.422. The van der Waals surface area contributed by atoms with Crippen LogP contribution in [0.15, 0.2) is 206 Å². The Bertz CT molecular complexity index is 3440. The third-order valence-electron chi connectivity index (χ3n) is 12.8. The van der Waals surface area contributed by atoms with Crippen LogP contribution in [0, 0.1) is 0 Å². The summed E-state index contributed by atoms with van der Waals surface area (Å²) in [6.07, 6.45) is 0. The van der Waals surface area contributed by atoms with Gasteiger partial charge in [0.25, 0.3) is 0 Å². The van der Waals surface area contributed by atoms with E-state index in [9.17, 15) is 0 Å². The van der Waals surface area contributed by atoms with Gasteiger partial charge in [0.15, 0.2) is 17.5 Å². The van der Waals surface area contributed by atoms with Gasteiger partial charge in [-0.05, 0) is 91.7 Å². The Morgan fingerprint density at radius 2 is 0.833 bits per heavy atom. The van der Waals surface area contributed by atoms with Gasteiger partial charge in [0.05, 0.1) is 16.4 Å². The first-order chi connectivity index (χ1) is 29.7. The Morgan fingerprint density at radius 3 is 1.47 bits per heavy atom. The molecule has 0 unspecified atom stereocenters. The molecule has 2 aromatic heterocycles. The number of rotatable bonds is 4. The molecule has 278 valence electrons. The molecule has 0 fully saturated rings. The minimum absolute atomic E-state index is 0.422. The van der Waals surface area contributed by atoms with E-state index in [-0.39, 0.29) is 0 Å². The van der Waals surface area contributed by atoms with Crippen molar-refractivity contribution >= 4 is 32.6 Å². The van der Waals surface area contributed by atoms with Crippen LogP contribution in [0.1, 0.15) is 22.3 Å². The number of aromatic nitrogens is 4. The molecular weight excluding hydrogens is 729 g/mol. The maximum atomic E-state index is 5.05. The summed E-state index contributed by atoms with van der Waals surface area (Å²) in [6, 6.07) is 74.5. The van der Waals surface area contributed by atoms with Crippen LogP contribution < -0.4 is 0 Å². The van der Waals surface area contributed by atoms with E-state index in [2.05, 4.69) is 150 Å². The molecule has 1 spiro atoms. The normalized spacial score (nSPS) is 13.1. The van der Waals surface area contributed by atoms with Crippen molar-refractivity contribution in [3.63, 3.8) is 0 Å². The van der Waals surface area contributed by atoms with Crippen molar-refractivity contribution in [3.05, 3.63) is 229 Å². The SMILES string of the molecule is c1ccc(-c2nc(-c3ccccc3)nc(-c3ccc4ccc(-n5c6ccccc6c6cc7c(cc65)C5(c6ccccc6-c6ccccc65)c5ccccc5-7)cc4c3)n2)cc1. The summed E-state index contributed by atoms with van der Waals surface area (Å²) < 4.78 is 2.46. The summed E-state index contributed by atoms with van der Waals surface area (Å²) in [7, 11) is 0. The van der Waals surface area contributed by atoms with Crippen molar-refractivity contribution < 1.29 is 0 Å². The van der Waals surface area contributed by atoms with E-state index in [0.717, 1.165) is 33.2 Å². The van der Waals surface area contributed by atoms with Gasteiger partial charge in [-0.15, -0.1) is 0 Å². The van der Waals surface area contributed by atoms with Gasteiger partial charge in [-0.3, -0.25) is 0 Å². The van der Waals surface area contributed by atoms with E-state index in [4.69, 9.17) is 15.0 Å². The van der Waals surface area contributed by atoms with E-state index in [0.29, 0.717) is 17.5 Å². The molecule has 2 aliphatic carbocycles. The molecule has 11 aromatic rings. The molecule has 4 nitrogen and oxygen atoms in total. The number of para-hydroxylation sites is 1. The number of hydrogen-bond acceptors (Lipinski definition) is 3. The van der Waals surface area contributed by atoms with Crippen LogP contribution in [0.5, 0.6) is 0 Å². The third-order valence-corrected chi connectivity index (χ3v) is 12.8. The fourth-order valence-electron chi connectivity index (χ4n) is 10.3. The van der Waals surface area contributed by atoms with Crippen LogP contribution in [-0.2, 0) is 5.41 Å². The van der Waals surface area contributed by atoms with E-state index in [1.165, 1.54) is 66.3 Å². The van der Waals surface area contributed by atoms with Crippen LogP contribution in [0.3, 0.4) is 0 Å². The third kappa shape index (κ3) is 4.59. The zero-order valence-electron chi connectivity index (χ0n) is 32.4. The quantitative estimate of drug-likeness (QED) is 0.179. The first-order valence-electron chi connectivity index (χ1n) is 20.5. The maximum absolute atomic E-state index is 5.05. The summed E-state index contributed by atoms with van der Waals surface area (Å²) in [5, 5.41) is 4.75. The lowest BCUT2D eigenvalue weighted by molar-refractivity contribution is 0.794. The zero-order chi connectivity index (χ0) is 39.4. The molecule has 0 atom stereocenters. The Hall–Kier alpha value is -7.95. The maximum Gasteiger partial charge on any atom is 0.164 e. The molecule has 2 aliphatic rings. The number of nitrogens with zero attached hydrogens (tertiary/aromatic N) is 4. The second-order valence-electron chi connectivity index (χ2n) is 15.9. The Morgan fingerprint density at radius 1 is 0.317 bits per heavy atom. The van der Waals surface area contributed by atoms with Gasteiger partial charge < -0.3 is 4.57 Å². The Labute approximate surface area is 346 Å². The number of hydrogen-bond donors (Lipinski definition) is 0. The summed E-state index contributed by atoms with van der Waals surface area (Å²) in [5.74, 6) is 1.95. The lowest BCUT2D eigenvalue weighted by atomic mass is 9.70. The van der Waals surface area contributed by atoms with Crippen LogP contribution in [0.2, 0.25) is 0 Å². The van der Waals surface area contributed by atoms with Crippen molar-refractivity contribution in [3.8, 4) is 62.1 Å². The average Bonchev–Trinajstić information content (AvgIpc) is 3.92. The summed E-state index contributed by atoms with van der Waals surface area (Å²) in [6.45, 7) is 0. The second-order valence-corrected chi connectivity index (χ2v) is 15.9. The van der Waals surface area contributed by atoms with Gasteiger partial charge >= 0.3 is 0 Å². The van der Waals surface area contributed by atoms with Crippen molar-refractivity contribution in [1.82, 2.24) is 19.5 Å². The highest BCUT2D eigenvalue weighted by molar-refractivity contribution is 6.12. The van der Waals surface area contributed by atoms with Crippen LogP contribution in [0.4, 0.5) is 0 Å². The van der Waals surface area contributed by atoms with Gasteiger partial charge in [-0.25, -0.2) is 15.0 Å². The molecule has 0 radical (unpaired) electrons. The standard InChI is InChI=1S/C56H34N4/c1-3-15-36(16-4-1)53-57-54(37-17-5-2-6-18-37)59-55(58-53)38-28-27-35-29-30-40(32-39(35)31-38)60-51-26-14-10-22-44(51)46-33-45-43-21-9-13-25-49(43)56(50(45)34-52(46)60)47-23-11-7-19-41(47)42-20-8-12-24-48(42)56/h1-34H. The zero-order valence-corrected chi connectivity index (χ0v) is 32.4. The van der Waals surface area contributed by atoms with Crippen molar-refractivity contribution in [2.45, 2.75) is 5.41 Å². The monoisotopic (exact) mass is 762 g/mol. The molecule has 0 saturated carbocycles. The highest BCUT2D eigenvalue weighted by atomic mass is 15.0. The lowest BCUT2D eigenvalue weighted by Gasteiger charge is -2.30. The lowest BCUT2D eigenvalue weighted by Crippen LogP contribution is -2.25. The van der Waals surface area contributed by atoms with Crippen molar-refractivity contribution in [2.24, 2.45) is 0 Å². The number of fused-ring (bicyclic) bond motifs is 14. The molecule has 0 N–H and O–H groups in total.